The van der Waals surface area contributed by atoms with Gasteiger partial charge in [0.25, 0.3) is 0 Å². The van der Waals surface area contributed by atoms with Crippen molar-refractivity contribution < 1.29 is 9.47 Å². The van der Waals surface area contributed by atoms with Crippen molar-refractivity contribution in [2.24, 2.45) is 5.92 Å². The summed E-state index contributed by atoms with van der Waals surface area (Å²) in [5.74, 6) is 0.734. The topological polar surface area (TPSA) is 30.5 Å². The second-order valence-electron chi connectivity index (χ2n) is 4.84. The van der Waals surface area contributed by atoms with Crippen LogP contribution in [0.25, 0.3) is 0 Å². The molecule has 1 aliphatic rings. The highest BCUT2D eigenvalue weighted by Crippen LogP contribution is 2.11. The number of rotatable bonds is 8. The maximum atomic E-state index is 5.59. The third-order valence-corrected chi connectivity index (χ3v) is 3.54. The predicted molar refractivity (Wildman–Crippen MR) is 66.7 cm³/mol. The second kappa shape index (κ2) is 8.04. The van der Waals surface area contributed by atoms with E-state index in [-0.39, 0.29) is 0 Å². The van der Waals surface area contributed by atoms with Crippen LogP contribution in [0.4, 0.5) is 0 Å². The molecule has 3 atom stereocenters. The van der Waals surface area contributed by atoms with Crippen molar-refractivity contribution in [3.8, 4) is 0 Å². The molecule has 0 bridgehead atoms. The van der Waals surface area contributed by atoms with Gasteiger partial charge < -0.3 is 14.8 Å². The van der Waals surface area contributed by atoms with Crippen molar-refractivity contribution in [3.63, 3.8) is 0 Å². The van der Waals surface area contributed by atoms with Crippen molar-refractivity contribution >= 4 is 0 Å². The Kier molecular flexibility index (Phi) is 7.01. The normalized spacial score (nSPS) is 24.6. The molecule has 1 rings (SSSR count). The van der Waals surface area contributed by atoms with Gasteiger partial charge in [-0.3, -0.25) is 0 Å². The molecular formula is C13H27NO2. The Morgan fingerprint density at radius 2 is 2.25 bits per heavy atom. The van der Waals surface area contributed by atoms with Gasteiger partial charge in [-0.05, 0) is 25.7 Å². The van der Waals surface area contributed by atoms with Crippen molar-refractivity contribution in [3.05, 3.63) is 0 Å². The van der Waals surface area contributed by atoms with Gasteiger partial charge in [-0.2, -0.15) is 0 Å². The zero-order valence-electron chi connectivity index (χ0n) is 11.0. The van der Waals surface area contributed by atoms with E-state index in [0.717, 1.165) is 38.7 Å². The fourth-order valence-electron chi connectivity index (χ4n) is 1.90. The van der Waals surface area contributed by atoms with E-state index in [4.69, 9.17) is 9.47 Å². The molecular weight excluding hydrogens is 202 g/mol. The van der Waals surface area contributed by atoms with Crippen molar-refractivity contribution in [2.75, 3.05) is 26.4 Å². The van der Waals surface area contributed by atoms with Crippen molar-refractivity contribution in [1.29, 1.82) is 0 Å². The van der Waals surface area contributed by atoms with Crippen LogP contribution in [0, 0.1) is 5.92 Å². The van der Waals surface area contributed by atoms with Gasteiger partial charge in [-0.1, -0.05) is 20.3 Å². The molecule has 1 fully saturated rings. The molecule has 3 unspecified atom stereocenters. The van der Waals surface area contributed by atoms with Crippen LogP contribution in [-0.2, 0) is 9.47 Å². The first-order valence-corrected chi connectivity index (χ1v) is 6.66. The molecule has 1 aliphatic heterocycles. The Morgan fingerprint density at radius 3 is 2.88 bits per heavy atom. The highest BCUT2D eigenvalue weighted by atomic mass is 16.5. The lowest BCUT2D eigenvalue weighted by molar-refractivity contribution is 0.0176. The minimum Gasteiger partial charge on any atom is -0.377 e. The zero-order chi connectivity index (χ0) is 11.8. The highest BCUT2D eigenvalue weighted by molar-refractivity contribution is 4.67. The maximum absolute atomic E-state index is 5.59. The quantitative estimate of drug-likeness (QED) is 0.647. The summed E-state index contributed by atoms with van der Waals surface area (Å²) >= 11 is 0. The highest BCUT2D eigenvalue weighted by Gasteiger charge is 2.15. The second-order valence-corrected chi connectivity index (χ2v) is 4.84. The van der Waals surface area contributed by atoms with Crippen LogP contribution < -0.4 is 5.32 Å². The Bertz CT molecular complexity index is 169. The standard InChI is InChI=1S/C13H27NO2/c1-4-11(2)12(3)14-7-9-15-10-13-6-5-8-16-13/h11-14H,4-10H2,1-3H3. The van der Waals surface area contributed by atoms with Gasteiger partial charge in [0.15, 0.2) is 0 Å². The van der Waals surface area contributed by atoms with E-state index >= 15 is 0 Å². The summed E-state index contributed by atoms with van der Waals surface area (Å²) in [4.78, 5) is 0. The van der Waals surface area contributed by atoms with E-state index in [0.29, 0.717) is 12.1 Å². The summed E-state index contributed by atoms with van der Waals surface area (Å²) < 4.78 is 11.1. The lowest BCUT2D eigenvalue weighted by Gasteiger charge is -2.20. The Morgan fingerprint density at radius 1 is 1.44 bits per heavy atom. The molecule has 0 aromatic heterocycles. The molecule has 3 nitrogen and oxygen atoms in total. The lowest BCUT2D eigenvalue weighted by Crippen LogP contribution is -2.34. The molecule has 96 valence electrons. The van der Waals surface area contributed by atoms with E-state index in [1.807, 2.05) is 0 Å². The predicted octanol–water partition coefficient (Wildman–Crippen LogP) is 2.21. The molecule has 1 heterocycles. The molecule has 3 heteroatoms. The van der Waals surface area contributed by atoms with Crippen LogP contribution in [0.2, 0.25) is 0 Å². The zero-order valence-corrected chi connectivity index (χ0v) is 11.0. The van der Waals surface area contributed by atoms with Crippen molar-refractivity contribution in [2.45, 2.75) is 52.2 Å². The Hall–Kier alpha value is -0.120. The summed E-state index contributed by atoms with van der Waals surface area (Å²) in [6.45, 7) is 10.2. The Balaban J connectivity index is 1.91. The molecule has 0 radical (unpaired) electrons. The van der Waals surface area contributed by atoms with E-state index < -0.39 is 0 Å². The van der Waals surface area contributed by atoms with Gasteiger partial charge in [-0.25, -0.2) is 0 Å². The summed E-state index contributed by atoms with van der Waals surface area (Å²) in [7, 11) is 0. The molecule has 0 spiro atoms. The van der Waals surface area contributed by atoms with Gasteiger partial charge in [0.05, 0.1) is 19.3 Å². The van der Waals surface area contributed by atoms with E-state index in [1.54, 1.807) is 0 Å². The monoisotopic (exact) mass is 229 g/mol. The summed E-state index contributed by atoms with van der Waals surface area (Å²) in [6.07, 6.45) is 3.94. The molecule has 16 heavy (non-hydrogen) atoms. The third-order valence-electron chi connectivity index (χ3n) is 3.54. The van der Waals surface area contributed by atoms with Crippen LogP contribution >= 0.6 is 0 Å². The van der Waals surface area contributed by atoms with Crippen LogP contribution in [0.15, 0.2) is 0 Å². The number of nitrogens with one attached hydrogen (secondary N) is 1. The molecule has 1 N–H and O–H groups in total. The molecule has 0 aromatic carbocycles. The SMILES string of the molecule is CCC(C)C(C)NCCOCC1CCCO1. The molecule has 0 saturated carbocycles. The molecule has 0 aliphatic carbocycles. The summed E-state index contributed by atoms with van der Waals surface area (Å²) in [6, 6.07) is 0.580. The minimum absolute atomic E-state index is 0.354. The van der Waals surface area contributed by atoms with E-state index in [1.165, 1.54) is 12.8 Å². The first-order valence-electron chi connectivity index (χ1n) is 6.66. The van der Waals surface area contributed by atoms with Gasteiger partial charge in [-0.15, -0.1) is 0 Å². The van der Waals surface area contributed by atoms with Crippen LogP contribution in [-0.4, -0.2) is 38.5 Å². The van der Waals surface area contributed by atoms with Gasteiger partial charge >= 0.3 is 0 Å². The Labute approximate surface area is 99.9 Å². The molecule has 0 aromatic rings. The first-order chi connectivity index (χ1) is 7.74. The van der Waals surface area contributed by atoms with Crippen LogP contribution in [0.3, 0.4) is 0 Å². The number of hydrogen-bond acceptors (Lipinski definition) is 3. The average molecular weight is 229 g/mol. The smallest absolute Gasteiger partial charge is 0.0809 e. The van der Waals surface area contributed by atoms with Crippen LogP contribution in [0.1, 0.15) is 40.0 Å². The fraction of sp³-hybridized carbons (Fsp3) is 1.00. The minimum atomic E-state index is 0.354. The largest absolute Gasteiger partial charge is 0.377 e. The average Bonchev–Trinajstić information content (AvgIpc) is 2.80. The maximum Gasteiger partial charge on any atom is 0.0809 e. The number of ether oxygens (including phenoxy) is 2. The van der Waals surface area contributed by atoms with Gasteiger partial charge in [0.2, 0.25) is 0 Å². The van der Waals surface area contributed by atoms with Gasteiger partial charge in [0, 0.05) is 19.2 Å². The summed E-state index contributed by atoms with van der Waals surface area (Å²) in [5.41, 5.74) is 0. The first kappa shape index (κ1) is 13.9. The molecule has 1 saturated heterocycles. The van der Waals surface area contributed by atoms with E-state index in [2.05, 4.69) is 26.1 Å². The lowest BCUT2D eigenvalue weighted by atomic mass is 10.0. The van der Waals surface area contributed by atoms with E-state index in [9.17, 15) is 0 Å². The summed E-state index contributed by atoms with van der Waals surface area (Å²) in [5, 5.41) is 3.49. The van der Waals surface area contributed by atoms with Crippen molar-refractivity contribution in [1.82, 2.24) is 5.32 Å². The molecule has 0 amide bonds. The third kappa shape index (κ3) is 5.28. The fourth-order valence-corrected chi connectivity index (χ4v) is 1.90. The van der Waals surface area contributed by atoms with Gasteiger partial charge in [0.1, 0.15) is 0 Å². The van der Waals surface area contributed by atoms with Crippen LogP contribution in [0.5, 0.6) is 0 Å². The number of hydrogen-bond donors (Lipinski definition) is 1.